The number of halogens is 1. The maximum atomic E-state index is 13.1. The molecule has 2 atom stereocenters. The van der Waals surface area contributed by atoms with Gasteiger partial charge in [-0.2, -0.15) is 0 Å². The predicted molar refractivity (Wildman–Crippen MR) is 150 cm³/mol. The molecular weight excluding hydrogens is 511 g/mol. The van der Waals surface area contributed by atoms with Gasteiger partial charge in [0.15, 0.2) is 0 Å². The van der Waals surface area contributed by atoms with Crippen molar-refractivity contribution in [3.05, 3.63) is 42.5 Å². The number of ether oxygens (including phenoxy) is 1. The molecule has 1 heterocycles. The number of nitrogens with two attached hydrogens (primary N) is 1. The summed E-state index contributed by atoms with van der Waals surface area (Å²) in [6.07, 6.45) is 2.34. The Morgan fingerprint density at radius 3 is 2.39 bits per heavy atom. The minimum Gasteiger partial charge on any atom is -0.469 e. The molecule has 0 bridgehead atoms. The van der Waals surface area contributed by atoms with Crippen LogP contribution in [-0.4, -0.2) is 68.6 Å². The van der Waals surface area contributed by atoms with E-state index in [2.05, 4.69) is 17.0 Å². The highest BCUT2D eigenvalue weighted by Crippen LogP contribution is 2.24. The molecule has 1 aliphatic rings. The first-order valence-corrected chi connectivity index (χ1v) is 13.4. The Morgan fingerprint density at radius 2 is 1.82 bits per heavy atom. The van der Waals surface area contributed by atoms with Crippen molar-refractivity contribution in [2.24, 2.45) is 5.73 Å². The van der Waals surface area contributed by atoms with Crippen molar-refractivity contribution in [3.8, 4) is 0 Å². The molecule has 212 valence electrons. The maximum absolute atomic E-state index is 13.1. The number of esters is 1. The van der Waals surface area contributed by atoms with E-state index >= 15 is 0 Å². The molecule has 38 heavy (non-hydrogen) atoms. The second kappa shape index (κ2) is 21.0. The van der Waals surface area contributed by atoms with E-state index in [4.69, 9.17) is 10.5 Å². The van der Waals surface area contributed by atoms with E-state index in [1.54, 1.807) is 0 Å². The van der Waals surface area contributed by atoms with Gasteiger partial charge in [0.25, 0.3) is 0 Å². The Hall–Kier alpha value is -3.02. The summed E-state index contributed by atoms with van der Waals surface area (Å²) in [7, 11) is 1.76. The number of hydrogen-bond acceptors (Lipinski definition) is 8. The Kier molecular flexibility index (Phi) is 19.3. The lowest BCUT2D eigenvalue weighted by Gasteiger charge is -2.27. The number of carbonyl (C=O) groups is 4. The van der Waals surface area contributed by atoms with E-state index in [-0.39, 0.29) is 12.3 Å². The van der Waals surface area contributed by atoms with Crippen LogP contribution in [0.2, 0.25) is 0 Å². The van der Waals surface area contributed by atoms with Gasteiger partial charge in [0, 0.05) is 11.4 Å². The summed E-state index contributed by atoms with van der Waals surface area (Å²) in [4.78, 5) is 50.0. The van der Waals surface area contributed by atoms with Gasteiger partial charge in [0.1, 0.15) is 12.1 Å². The molecule has 0 aliphatic carbocycles. The monoisotopic (exact) mass is 552 g/mol. The summed E-state index contributed by atoms with van der Waals surface area (Å²) in [6, 6.07) is 12.2. The van der Waals surface area contributed by atoms with Crippen LogP contribution < -0.4 is 15.8 Å². The SMILES string of the molecule is CC.CCCN.CF.COC(=O)C[C@H](NSc1ccc2ccccc2c1)C(=O)N1CCC[C@H]1C(=O)NC=O. The van der Waals surface area contributed by atoms with Crippen LogP contribution in [0.1, 0.15) is 46.5 Å². The number of alkyl halides is 1. The lowest BCUT2D eigenvalue weighted by atomic mass is 10.1. The fraction of sp³-hybridized carbons (Fsp3) is 0.481. The van der Waals surface area contributed by atoms with Crippen molar-refractivity contribution >= 4 is 46.9 Å². The number of amides is 3. The molecule has 2 aromatic carbocycles. The van der Waals surface area contributed by atoms with Gasteiger partial charge < -0.3 is 15.4 Å². The number of benzene rings is 2. The fourth-order valence-corrected chi connectivity index (χ4v) is 4.24. The van der Waals surface area contributed by atoms with Gasteiger partial charge in [-0.25, -0.2) is 4.72 Å². The van der Waals surface area contributed by atoms with E-state index < -0.39 is 24.0 Å². The van der Waals surface area contributed by atoms with Gasteiger partial charge in [0.2, 0.25) is 18.2 Å². The zero-order valence-electron chi connectivity index (χ0n) is 22.9. The average Bonchev–Trinajstić information content (AvgIpc) is 3.47. The van der Waals surface area contributed by atoms with Crippen LogP contribution in [0.15, 0.2) is 47.4 Å². The molecule has 0 unspecified atom stereocenters. The van der Waals surface area contributed by atoms with Crippen molar-refractivity contribution in [2.75, 3.05) is 27.4 Å². The smallest absolute Gasteiger partial charge is 0.307 e. The van der Waals surface area contributed by atoms with Gasteiger partial charge in [-0.15, -0.1) is 0 Å². The van der Waals surface area contributed by atoms with Crippen LogP contribution in [0, 0.1) is 0 Å². The molecular formula is C27H41FN4O5S. The largest absolute Gasteiger partial charge is 0.469 e. The lowest BCUT2D eigenvalue weighted by molar-refractivity contribution is -0.146. The molecule has 11 heteroatoms. The molecule has 9 nitrogen and oxygen atoms in total. The highest BCUT2D eigenvalue weighted by Gasteiger charge is 2.37. The first-order chi connectivity index (χ1) is 18.4. The third kappa shape index (κ3) is 11.6. The van der Waals surface area contributed by atoms with Gasteiger partial charge in [-0.3, -0.25) is 28.9 Å². The van der Waals surface area contributed by atoms with Crippen molar-refractivity contribution in [2.45, 2.75) is 63.4 Å². The lowest BCUT2D eigenvalue weighted by Crippen LogP contribution is -2.51. The summed E-state index contributed by atoms with van der Waals surface area (Å²) >= 11 is 1.24. The number of likely N-dealkylation sites (tertiary alicyclic amines) is 1. The number of rotatable bonds is 9. The molecule has 1 saturated heterocycles. The van der Waals surface area contributed by atoms with Crippen molar-refractivity contribution in [1.29, 1.82) is 0 Å². The van der Waals surface area contributed by atoms with E-state index in [0.29, 0.717) is 33.0 Å². The van der Waals surface area contributed by atoms with Gasteiger partial charge >= 0.3 is 5.97 Å². The third-order valence-electron chi connectivity index (χ3n) is 5.26. The Bertz CT molecular complexity index is 993. The average molecular weight is 553 g/mol. The van der Waals surface area contributed by atoms with Crippen molar-refractivity contribution in [3.63, 3.8) is 0 Å². The summed E-state index contributed by atoms with van der Waals surface area (Å²) in [5.74, 6) is -1.43. The van der Waals surface area contributed by atoms with E-state index in [9.17, 15) is 23.6 Å². The molecule has 0 spiro atoms. The van der Waals surface area contributed by atoms with Crippen LogP contribution in [0.4, 0.5) is 4.39 Å². The standard InChI is InChI=1S/C21H23N3O5S.C3H9N.C2H6.CH3F/c1-29-19(26)12-17(21(28)24-10-4-7-18(24)20(27)22-13-25)23-30-16-9-8-14-5-2-3-6-15(14)11-16;1-2-3-4;2*1-2/h2-3,5-6,8-9,11,13,17-18,23H,4,7,10,12H2,1H3,(H,22,25,27);2-4H2,1H3;1-2H3;1H3/t17-,18-;;;/m0.../s1. The third-order valence-corrected chi connectivity index (χ3v) is 6.16. The first-order valence-electron chi connectivity index (χ1n) is 12.6. The van der Waals surface area contributed by atoms with Gasteiger partial charge in [-0.1, -0.05) is 51.1 Å². The number of imide groups is 1. The number of nitrogens with zero attached hydrogens (tertiary/aromatic N) is 1. The topological polar surface area (TPSA) is 131 Å². The number of hydrogen-bond donors (Lipinski definition) is 3. The second-order valence-corrected chi connectivity index (χ2v) is 8.58. The van der Waals surface area contributed by atoms with Crippen LogP contribution in [0.3, 0.4) is 0 Å². The number of carbonyl (C=O) groups excluding carboxylic acids is 4. The number of nitrogens with one attached hydrogen (secondary N) is 2. The zero-order chi connectivity index (χ0) is 28.9. The summed E-state index contributed by atoms with van der Waals surface area (Å²) < 4.78 is 17.3. The van der Waals surface area contributed by atoms with Crippen LogP contribution in [0.25, 0.3) is 10.8 Å². The van der Waals surface area contributed by atoms with Crippen LogP contribution in [0.5, 0.6) is 0 Å². The van der Waals surface area contributed by atoms with E-state index in [0.717, 1.165) is 28.6 Å². The van der Waals surface area contributed by atoms with Crippen molar-refractivity contribution < 1.29 is 28.3 Å². The van der Waals surface area contributed by atoms with Gasteiger partial charge in [0.05, 0.1) is 20.7 Å². The molecule has 1 fully saturated rings. The Labute approximate surface area is 229 Å². The van der Waals surface area contributed by atoms with Crippen molar-refractivity contribution in [1.82, 2.24) is 14.9 Å². The Balaban J connectivity index is 0.00000153. The molecule has 0 saturated carbocycles. The maximum Gasteiger partial charge on any atom is 0.307 e. The van der Waals surface area contributed by atoms with Crippen LogP contribution in [-0.2, 0) is 23.9 Å². The number of fused-ring (bicyclic) bond motifs is 1. The normalized spacial score (nSPS) is 14.4. The molecule has 3 rings (SSSR count). The number of methoxy groups -OCH3 is 1. The highest BCUT2D eigenvalue weighted by molar-refractivity contribution is 7.97. The molecule has 4 N–H and O–H groups in total. The predicted octanol–water partition coefficient (Wildman–Crippen LogP) is 3.60. The molecule has 1 aliphatic heterocycles. The van der Waals surface area contributed by atoms with E-state index in [1.807, 2.05) is 56.3 Å². The summed E-state index contributed by atoms with van der Waals surface area (Å²) in [6.45, 7) is 7.26. The minimum absolute atomic E-state index is 0.172. The summed E-state index contributed by atoms with van der Waals surface area (Å²) in [5, 5.41) is 4.27. The van der Waals surface area contributed by atoms with E-state index in [1.165, 1.54) is 24.0 Å². The molecule has 3 amide bonds. The highest BCUT2D eigenvalue weighted by atomic mass is 32.2. The first kappa shape index (κ1) is 35.0. The van der Waals surface area contributed by atoms with Crippen LogP contribution >= 0.6 is 11.9 Å². The summed E-state index contributed by atoms with van der Waals surface area (Å²) in [5.41, 5.74) is 5.03. The minimum atomic E-state index is -0.876. The molecule has 0 aromatic heterocycles. The Morgan fingerprint density at radius 1 is 1.18 bits per heavy atom. The van der Waals surface area contributed by atoms with Gasteiger partial charge in [-0.05, 0) is 60.7 Å². The molecule has 2 aromatic rings. The zero-order valence-corrected chi connectivity index (χ0v) is 23.7. The second-order valence-electron chi connectivity index (χ2n) is 7.67. The quantitative estimate of drug-likeness (QED) is 0.244. The fourth-order valence-electron chi connectivity index (χ4n) is 3.46. The molecule has 0 radical (unpaired) electrons.